The Bertz CT molecular complexity index is 4590. The van der Waals surface area contributed by atoms with Gasteiger partial charge in [0.15, 0.2) is 0 Å². The largest absolute Gasteiger partial charge is 0.491 e. The van der Waals surface area contributed by atoms with Crippen LogP contribution in [0.5, 0.6) is 11.5 Å². The highest BCUT2D eigenvalue weighted by atomic mass is 32.2. The van der Waals surface area contributed by atoms with Crippen molar-refractivity contribution >= 4 is 57.6 Å². The molecule has 0 aromatic heterocycles. The van der Waals surface area contributed by atoms with E-state index in [2.05, 4.69) is 315 Å². The second-order valence-electron chi connectivity index (χ2n) is 27.9. The molecule has 0 amide bonds. The first-order valence-corrected chi connectivity index (χ1v) is 38.9. The maximum Gasteiger partial charge on any atom is 0.119 e. The monoisotopic (exact) mass is 1400 g/mol. The number of para-hydroxylation sites is 2. The van der Waals surface area contributed by atoms with Gasteiger partial charge in [-0.25, -0.2) is 0 Å². The van der Waals surface area contributed by atoms with Gasteiger partial charge in [0.1, 0.15) is 24.7 Å². The lowest BCUT2D eigenvalue weighted by Gasteiger charge is -2.40. The van der Waals surface area contributed by atoms with Crippen molar-refractivity contribution in [1.29, 1.82) is 0 Å². The SMILES string of the molecule is CCOCCOc1ccc(C2(c3ccc(SCC4(CC)COC4)cc3)c3ccccc3-c3ccc(N(c4ccccc4)c4ccc(-c5ccc(N(c6ccccc6)c6ccc7c(c6)C(c6ccc(OCCOCC)cc6)(c6ccc(SCC8(CC)COC8)cc6)c6ccccc6-7)cc5)cc4)cc32)cc1. The molecule has 0 radical (unpaired) electrons. The average molecular weight is 1410 g/mol. The van der Waals surface area contributed by atoms with Crippen molar-refractivity contribution in [3.63, 3.8) is 0 Å². The number of thioether (sulfide) groups is 2. The van der Waals surface area contributed by atoms with Crippen molar-refractivity contribution in [2.24, 2.45) is 10.8 Å². The molecule has 0 N–H and O–H groups in total. The summed E-state index contributed by atoms with van der Waals surface area (Å²) in [5.41, 5.74) is 22.5. The van der Waals surface area contributed by atoms with E-state index >= 15 is 0 Å². The maximum atomic E-state index is 6.26. The Hall–Kier alpha value is -9.62. The third kappa shape index (κ3) is 12.9. The molecule has 104 heavy (non-hydrogen) atoms. The molecule has 2 atom stereocenters. The molecule has 12 aromatic rings. The fraction of sp³-hybridized carbons (Fsp3) is 0.234. The first-order chi connectivity index (χ1) is 51.3. The summed E-state index contributed by atoms with van der Waals surface area (Å²) in [4.78, 5) is 7.34. The van der Waals surface area contributed by atoms with Crippen molar-refractivity contribution in [3.05, 3.63) is 336 Å². The number of hydrogen-bond acceptors (Lipinski definition) is 10. The van der Waals surface area contributed by atoms with Crippen molar-refractivity contribution in [2.45, 2.75) is 61.2 Å². The van der Waals surface area contributed by atoms with E-state index in [0.29, 0.717) is 39.6 Å². The van der Waals surface area contributed by atoms with E-state index in [1.807, 2.05) is 37.4 Å². The lowest BCUT2D eigenvalue weighted by Crippen LogP contribution is -2.44. The van der Waals surface area contributed by atoms with Gasteiger partial charge in [0.25, 0.3) is 0 Å². The van der Waals surface area contributed by atoms with Crippen LogP contribution in [0.1, 0.15) is 85.0 Å². The molecule has 0 saturated carbocycles. The second kappa shape index (κ2) is 30.2. The van der Waals surface area contributed by atoms with Crippen molar-refractivity contribution in [2.75, 3.05) is 87.4 Å². The van der Waals surface area contributed by atoms with Gasteiger partial charge < -0.3 is 38.2 Å². The minimum atomic E-state index is -0.657. The zero-order valence-corrected chi connectivity index (χ0v) is 61.4. The van der Waals surface area contributed by atoms with Gasteiger partial charge in [-0.05, 0) is 226 Å². The van der Waals surface area contributed by atoms with Crippen molar-refractivity contribution < 1.29 is 28.4 Å². The van der Waals surface area contributed by atoms with Gasteiger partial charge >= 0.3 is 0 Å². The summed E-state index contributed by atoms with van der Waals surface area (Å²) in [5.74, 6) is 3.72. The number of fused-ring (bicyclic) bond motifs is 6. The number of ether oxygens (including phenoxy) is 6. The molecule has 2 fully saturated rings. The first kappa shape index (κ1) is 68.8. The third-order valence-electron chi connectivity index (χ3n) is 22.0. The standard InChI is InChI=1S/C94H88N2O6S2/c1-5-91(61-99-62-91)65-103-81-49-35-71(36-50-81)93(69-31-45-79(46-32-69)101-57-55-97-7-3)87-25-17-15-23-83(87)85-53-43-77(59-89(85)93)95(73-19-11-9-12-20-73)75-39-27-67(28-40-75)68-29-41-76(42-30-68)96(74-21-13-10-14-22-74)78-44-54-86-84-24-16-18-26-88(84)94(90(86)60-78,70-33-47-80(48-34-70)102-58-56-98-8-4)72-37-51-82(52-38-72)104-66-92(6-2)63-100-64-92/h9-54,59-60H,5-8,55-58,61-66H2,1-4H3. The molecule has 2 saturated heterocycles. The van der Waals surface area contributed by atoms with Gasteiger partial charge in [-0.3, -0.25) is 0 Å². The number of benzene rings is 12. The van der Waals surface area contributed by atoms with Gasteiger partial charge in [-0.1, -0.05) is 184 Å². The summed E-state index contributed by atoms with van der Waals surface area (Å²) in [6, 6.07) is 108. The number of hydrogen-bond donors (Lipinski definition) is 0. The van der Waals surface area contributed by atoms with E-state index < -0.39 is 10.8 Å². The predicted octanol–water partition coefficient (Wildman–Crippen LogP) is 22.9. The average Bonchev–Trinajstić information content (AvgIpc) is 1.54. The summed E-state index contributed by atoms with van der Waals surface area (Å²) < 4.78 is 35.3. The minimum absolute atomic E-state index is 0.241. The number of nitrogens with zero attached hydrogens (tertiary/aromatic N) is 2. The molecule has 10 heteroatoms. The van der Waals surface area contributed by atoms with E-state index in [9.17, 15) is 0 Å². The Morgan fingerprint density at radius 2 is 0.644 bits per heavy atom. The van der Waals surface area contributed by atoms with Crippen LogP contribution in [0.15, 0.2) is 301 Å². The van der Waals surface area contributed by atoms with E-state index in [4.69, 9.17) is 28.4 Å². The summed E-state index contributed by atoms with van der Waals surface area (Å²) in [6.45, 7) is 15.3. The van der Waals surface area contributed by atoms with Crippen LogP contribution >= 0.6 is 23.5 Å². The first-order valence-electron chi connectivity index (χ1n) is 36.9. The van der Waals surface area contributed by atoms with Gasteiger partial charge in [0, 0.05) is 79.5 Å². The van der Waals surface area contributed by atoms with Crippen LogP contribution in [0.4, 0.5) is 34.1 Å². The molecule has 2 aliphatic carbocycles. The topological polar surface area (TPSA) is 61.9 Å². The van der Waals surface area contributed by atoms with Gasteiger partial charge in [0.05, 0.1) is 50.5 Å². The lowest BCUT2D eigenvalue weighted by atomic mass is 9.67. The predicted molar refractivity (Wildman–Crippen MR) is 428 cm³/mol. The summed E-state index contributed by atoms with van der Waals surface area (Å²) in [6.07, 6.45) is 2.23. The Balaban J connectivity index is 0.747. The fourth-order valence-electron chi connectivity index (χ4n) is 16.0. The van der Waals surface area contributed by atoms with Crippen LogP contribution in [0.2, 0.25) is 0 Å². The van der Waals surface area contributed by atoms with Crippen LogP contribution in [0.3, 0.4) is 0 Å². The molecule has 16 rings (SSSR count). The van der Waals surface area contributed by atoms with Gasteiger partial charge in [0.2, 0.25) is 0 Å². The molecule has 0 spiro atoms. The van der Waals surface area contributed by atoms with Gasteiger partial charge in [-0.15, -0.1) is 23.5 Å². The molecular formula is C94H88N2O6S2. The Kier molecular flexibility index (Phi) is 20.0. The Labute approximate surface area is 622 Å². The quantitative estimate of drug-likeness (QED) is 0.0335. The zero-order valence-electron chi connectivity index (χ0n) is 59.8. The van der Waals surface area contributed by atoms with Crippen LogP contribution < -0.4 is 19.3 Å². The number of anilines is 6. The van der Waals surface area contributed by atoms with Crippen LogP contribution in [0, 0.1) is 10.8 Å². The Morgan fingerprint density at radius 1 is 0.317 bits per heavy atom. The molecular weight excluding hydrogens is 1320 g/mol. The molecule has 12 aromatic carbocycles. The zero-order chi connectivity index (χ0) is 70.5. The van der Waals surface area contributed by atoms with Gasteiger partial charge in [-0.2, -0.15) is 0 Å². The van der Waals surface area contributed by atoms with Crippen LogP contribution in [-0.2, 0) is 29.8 Å². The summed E-state index contributed by atoms with van der Waals surface area (Å²) >= 11 is 3.88. The van der Waals surface area contributed by atoms with E-state index in [0.717, 1.165) is 108 Å². The highest BCUT2D eigenvalue weighted by Gasteiger charge is 2.49. The smallest absolute Gasteiger partial charge is 0.119 e. The highest BCUT2D eigenvalue weighted by molar-refractivity contribution is 7.99. The lowest BCUT2D eigenvalue weighted by molar-refractivity contribution is -0.0994. The highest BCUT2D eigenvalue weighted by Crippen LogP contribution is 2.60. The molecule has 522 valence electrons. The number of rotatable bonds is 29. The van der Waals surface area contributed by atoms with Crippen molar-refractivity contribution in [3.8, 4) is 44.9 Å². The molecule has 8 nitrogen and oxygen atoms in total. The van der Waals surface area contributed by atoms with E-state index in [1.54, 1.807) is 0 Å². The van der Waals surface area contributed by atoms with E-state index in [1.165, 1.54) is 76.6 Å². The molecule has 4 aliphatic rings. The summed E-state index contributed by atoms with van der Waals surface area (Å²) in [7, 11) is 0. The maximum absolute atomic E-state index is 6.26. The molecule has 2 aliphatic heterocycles. The molecule has 0 bridgehead atoms. The van der Waals surface area contributed by atoms with E-state index in [-0.39, 0.29) is 10.8 Å². The van der Waals surface area contributed by atoms with Crippen LogP contribution in [-0.4, -0.2) is 77.6 Å². The Morgan fingerprint density at radius 3 is 0.990 bits per heavy atom. The molecule has 2 heterocycles. The molecule has 2 unspecified atom stereocenters. The minimum Gasteiger partial charge on any atom is -0.491 e. The van der Waals surface area contributed by atoms with Crippen LogP contribution in [0.25, 0.3) is 33.4 Å². The fourth-order valence-corrected chi connectivity index (χ4v) is 18.4. The third-order valence-corrected chi connectivity index (χ3v) is 24.7. The van der Waals surface area contributed by atoms with Crippen molar-refractivity contribution in [1.82, 2.24) is 0 Å². The normalized spacial score (nSPS) is 17.0. The summed E-state index contributed by atoms with van der Waals surface area (Å²) in [5, 5.41) is 0. The second-order valence-corrected chi connectivity index (χ2v) is 30.0.